The van der Waals surface area contributed by atoms with Crippen LogP contribution in [-0.2, 0) is 11.2 Å². The Morgan fingerprint density at radius 1 is 1.10 bits per heavy atom. The van der Waals surface area contributed by atoms with Crippen LogP contribution in [0.4, 0.5) is 10.5 Å². The molecule has 0 aliphatic carbocycles. The Hall–Kier alpha value is -2.75. The van der Waals surface area contributed by atoms with Gasteiger partial charge in [-0.25, -0.2) is 0 Å². The molecule has 0 aromatic heterocycles. The van der Waals surface area contributed by atoms with E-state index >= 15 is 0 Å². The molecule has 0 saturated carbocycles. The highest BCUT2D eigenvalue weighted by Gasteiger charge is 2.31. The number of aliphatic hydroxyl groups excluding tert-OH is 1. The second kappa shape index (κ2) is 10.9. The first-order chi connectivity index (χ1) is 14.5. The fourth-order valence-corrected chi connectivity index (χ4v) is 3.53. The summed E-state index contributed by atoms with van der Waals surface area (Å²) in [5, 5.41) is 17.6. The number of imide groups is 1. The number of hydrogen-bond donors (Lipinski definition) is 4. The monoisotopic (exact) mass is 431 g/mol. The zero-order chi connectivity index (χ0) is 21.3. The maximum absolute atomic E-state index is 11.6. The third-order valence-electron chi connectivity index (χ3n) is 4.41. The van der Waals surface area contributed by atoms with E-state index in [-0.39, 0.29) is 17.8 Å². The quantitative estimate of drug-likeness (QED) is 0.400. The van der Waals surface area contributed by atoms with Crippen LogP contribution in [0.25, 0.3) is 0 Å². The summed E-state index contributed by atoms with van der Waals surface area (Å²) in [4.78, 5) is 22.8. The molecule has 0 spiro atoms. The van der Waals surface area contributed by atoms with Gasteiger partial charge in [0.1, 0.15) is 24.2 Å². The predicted octanol–water partition coefficient (Wildman–Crippen LogP) is 1.99. The number of anilines is 1. The molecule has 0 radical (unpaired) electrons. The summed E-state index contributed by atoms with van der Waals surface area (Å²) >= 11 is 0.936. The number of amides is 2. The first kappa shape index (κ1) is 21.9. The molecule has 1 fully saturated rings. The van der Waals surface area contributed by atoms with E-state index in [1.165, 1.54) is 0 Å². The van der Waals surface area contributed by atoms with Crippen LogP contribution in [0.1, 0.15) is 5.56 Å². The summed E-state index contributed by atoms with van der Waals surface area (Å²) in [5.41, 5.74) is 1.90. The van der Waals surface area contributed by atoms with Gasteiger partial charge < -0.3 is 25.2 Å². The van der Waals surface area contributed by atoms with Crippen molar-refractivity contribution in [3.63, 3.8) is 0 Å². The summed E-state index contributed by atoms with van der Waals surface area (Å²) in [6.07, 6.45) is 0.181. The van der Waals surface area contributed by atoms with E-state index in [1.807, 2.05) is 36.4 Å². The summed E-state index contributed by atoms with van der Waals surface area (Å²) in [6, 6.07) is 14.9. The molecule has 1 heterocycles. The van der Waals surface area contributed by atoms with Crippen molar-refractivity contribution in [3.05, 3.63) is 54.1 Å². The van der Waals surface area contributed by atoms with E-state index in [1.54, 1.807) is 19.2 Å². The van der Waals surface area contributed by atoms with Gasteiger partial charge in [-0.2, -0.15) is 0 Å². The summed E-state index contributed by atoms with van der Waals surface area (Å²) in [6.45, 7) is 1.34. The molecular weight excluding hydrogens is 406 g/mol. The number of methoxy groups -OCH3 is 1. The van der Waals surface area contributed by atoms with Crippen LogP contribution in [0.2, 0.25) is 0 Å². The van der Waals surface area contributed by atoms with E-state index < -0.39 is 11.5 Å². The molecular formula is C21H25N3O5S. The van der Waals surface area contributed by atoms with Crippen molar-refractivity contribution in [2.45, 2.75) is 17.9 Å². The van der Waals surface area contributed by atoms with Crippen LogP contribution in [0.3, 0.4) is 0 Å². The highest BCUT2D eigenvalue weighted by Crippen LogP contribution is 2.22. The van der Waals surface area contributed by atoms with Crippen molar-refractivity contribution < 1.29 is 24.2 Å². The van der Waals surface area contributed by atoms with E-state index in [9.17, 15) is 14.7 Å². The number of benzene rings is 2. The second-order valence-electron chi connectivity index (χ2n) is 6.71. The Balaban J connectivity index is 1.31. The van der Waals surface area contributed by atoms with Gasteiger partial charge in [-0.05, 0) is 66.7 Å². The lowest BCUT2D eigenvalue weighted by atomic mass is 10.1. The van der Waals surface area contributed by atoms with Crippen LogP contribution in [0.5, 0.6) is 11.5 Å². The smallest absolute Gasteiger partial charge is 0.288 e. The average molecular weight is 432 g/mol. The van der Waals surface area contributed by atoms with Gasteiger partial charge in [-0.3, -0.25) is 14.9 Å². The maximum Gasteiger partial charge on any atom is 0.288 e. The molecule has 0 bridgehead atoms. The number of aliphatic hydroxyl groups is 1. The summed E-state index contributed by atoms with van der Waals surface area (Å²) in [5.74, 6) is 1.11. The number of hydrogen-bond acceptors (Lipinski definition) is 8. The molecule has 1 aliphatic heterocycles. The lowest BCUT2D eigenvalue weighted by Crippen LogP contribution is -2.32. The number of ether oxygens (including phenoxy) is 2. The Bertz CT molecular complexity index is 845. The Labute approximate surface area is 179 Å². The van der Waals surface area contributed by atoms with Gasteiger partial charge in [-0.15, -0.1) is 0 Å². The molecule has 2 aromatic carbocycles. The van der Waals surface area contributed by atoms with Gasteiger partial charge >= 0.3 is 0 Å². The fourth-order valence-electron chi connectivity index (χ4n) is 2.79. The maximum atomic E-state index is 11.6. The van der Waals surface area contributed by atoms with Gasteiger partial charge in [0.15, 0.2) is 5.37 Å². The molecule has 2 amide bonds. The molecule has 4 N–H and O–H groups in total. The lowest BCUT2D eigenvalue weighted by Gasteiger charge is -2.14. The van der Waals surface area contributed by atoms with Gasteiger partial charge in [0.25, 0.3) is 11.1 Å². The van der Waals surface area contributed by atoms with Gasteiger partial charge in [0.2, 0.25) is 0 Å². The molecule has 2 atom stereocenters. The first-order valence-corrected chi connectivity index (χ1v) is 10.4. The van der Waals surface area contributed by atoms with Crippen LogP contribution in [0, 0.1) is 0 Å². The SMILES string of the molecule is COc1ccc(OC[C@@H](O)CNCCc2ccc(NC3SC(=O)NC3=O)cc2)cc1. The van der Waals surface area contributed by atoms with Crippen LogP contribution >= 0.6 is 11.8 Å². The van der Waals surface area contributed by atoms with Crippen molar-refractivity contribution in [2.24, 2.45) is 0 Å². The number of rotatable bonds is 11. The number of thioether (sulfide) groups is 1. The minimum atomic E-state index is -0.614. The predicted molar refractivity (Wildman–Crippen MR) is 116 cm³/mol. The third-order valence-corrected chi connectivity index (χ3v) is 5.30. The van der Waals surface area contributed by atoms with Crippen molar-refractivity contribution in [2.75, 3.05) is 32.1 Å². The normalized spacial score (nSPS) is 16.8. The minimum absolute atomic E-state index is 0.203. The molecule has 9 heteroatoms. The minimum Gasteiger partial charge on any atom is -0.497 e. The van der Waals surface area contributed by atoms with Crippen molar-refractivity contribution in [3.8, 4) is 11.5 Å². The van der Waals surface area contributed by atoms with Crippen molar-refractivity contribution in [1.29, 1.82) is 0 Å². The molecule has 3 rings (SSSR count). The van der Waals surface area contributed by atoms with Crippen molar-refractivity contribution in [1.82, 2.24) is 10.6 Å². The fraction of sp³-hybridized carbons (Fsp3) is 0.333. The number of carbonyl (C=O) groups is 2. The Kier molecular flexibility index (Phi) is 7.95. The van der Waals surface area contributed by atoms with Crippen LogP contribution in [-0.4, -0.2) is 54.5 Å². The van der Waals surface area contributed by atoms with Crippen LogP contribution in [0.15, 0.2) is 48.5 Å². The molecule has 2 aromatic rings. The largest absolute Gasteiger partial charge is 0.497 e. The van der Waals surface area contributed by atoms with Gasteiger partial charge in [0, 0.05) is 12.2 Å². The highest BCUT2D eigenvalue weighted by atomic mass is 32.2. The van der Waals surface area contributed by atoms with E-state index in [0.29, 0.717) is 18.8 Å². The zero-order valence-corrected chi connectivity index (χ0v) is 17.4. The van der Waals surface area contributed by atoms with E-state index in [2.05, 4.69) is 16.0 Å². The van der Waals surface area contributed by atoms with Crippen molar-refractivity contribution >= 4 is 28.6 Å². The zero-order valence-electron chi connectivity index (χ0n) is 16.6. The standard InChI is InChI=1S/C21H25N3O5S/c1-28-17-6-8-18(9-7-17)29-13-16(25)12-22-11-10-14-2-4-15(5-3-14)23-20-19(26)24-21(27)30-20/h2-9,16,20,22-23,25H,10-13H2,1H3,(H,24,26,27)/t16-,20?/m0/s1. The molecule has 1 unspecified atom stereocenters. The second-order valence-corrected chi connectivity index (χ2v) is 7.79. The van der Waals surface area contributed by atoms with Crippen LogP contribution < -0.4 is 25.4 Å². The Morgan fingerprint density at radius 3 is 2.43 bits per heavy atom. The lowest BCUT2D eigenvalue weighted by molar-refractivity contribution is -0.118. The molecule has 1 saturated heterocycles. The number of nitrogens with one attached hydrogen (secondary N) is 3. The molecule has 1 aliphatic rings. The topological polar surface area (TPSA) is 109 Å². The average Bonchev–Trinajstić information content (AvgIpc) is 3.07. The first-order valence-electron chi connectivity index (χ1n) is 9.56. The molecule has 160 valence electrons. The number of carbonyl (C=O) groups excluding carboxylic acids is 2. The Morgan fingerprint density at radius 2 is 1.80 bits per heavy atom. The third kappa shape index (κ3) is 6.65. The van der Waals surface area contributed by atoms with Gasteiger partial charge in [0.05, 0.1) is 7.11 Å². The molecule has 30 heavy (non-hydrogen) atoms. The molecule has 8 nitrogen and oxygen atoms in total. The summed E-state index contributed by atoms with van der Waals surface area (Å²) in [7, 11) is 1.61. The van der Waals surface area contributed by atoms with E-state index in [0.717, 1.165) is 35.2 Å². The highest BCUT2D eigenvalue weighted by molar-refractivity contribution is 8.15. The summed E-state index contributed by atoms with van der Waals surface area (Å²) < 4.78 is 10.7. The van der Waals surface area contributed by atoms with Gasteiger partial charge in [-0.1, -0.05) is 12.1 Å². The van der Waals surface area contributed by atoms with E-state index in [4.69, 9.17) is 9.47 Å².